The van der Waals surface area contributed by atoms with Gasteiger partial charge in [0, 0.05) is 24.8 Å². The highest BCUT2D eigenvalue weighted by atomic mass is 16.2. The maximum atomic E-state index is 12.5. The highest BCUT2D eigenvalue weighted by molar-refractivity contribution is 5.99. The molecule has 0 aromatic carbocycles. The minimum Gasteiger partial charge on any atom is -0.340 e. The van der Waals surface area contributed by atoms with Crippen LogP contribution in [0.5, 0.6) is 0 Å². The van der Waals surface area contributed by atoms with E-state index in [1.54, 1.807) is 24.9 Å². The summed E-state index contributed by atoms with van der Waals surface area (Å²) in [6.07, 6.45) is 4.28. The summed E-state index contributed by atoms with van der Waals surface area (Å²) >= 11 is 0. The van der Waals surface area contributed by atoms with Crippen molar-refractivity contribution in [3.8, 4) is 0 Å². The quantitative estimate of drug-likeness (QED) is 0.890. The number of carbonyl (C=O) groups is 2. The van der Waals surface area contributed by atoms with Crippen molar-refractivity contribution in [3.05, 3.63) is 18.0 Å². The molecule has 1 saturated heterocycles. The molecular formula is C14H22N4O2. The van der Waals surface area contributed by atoms with Gasteiger partial charge in [0.05, 0.1) is 6.20 Å². The van der Waals surface area contributed by atoms with Crippen molar-refractivity contribution in [2.75, 3.05) is 0 Å². The smallest absolute Gasteiger partial charge is 0.248 e. The van der Waals surface area contributed by atoms with Crippen LogP contribution in [0.1, 0.15) is 39.7 Å². The van der Waals surface area contributed by atoms with Gasteiger partial charge in [0.15, 0.2) is 0 Å². The van der Waals surface area contributed by atoms with E-state index in [1.807, 2.05) is 24.7 Å². The second-order valence-electron chi connectivity index (χ2n) is 5.68. The lowest BCUT2D eigenvalue weighted by atomic mass is 9.95. The zero-order valence-corrected chi connectivity index (χ0v) is 12.5. The molecule has 6 nitrogen and oxygen atoms in total. The first-order valence-electron chi connectivity index (χ1n) is 7.03. The van der Waals surface area contributed by atoms with Gasteiger partial charge in [-0.3, -0.25) is 14.3 Å². The molecule has 20 heavy (non-hydrogen) atoms. The van der Waals surface area contributed by atoms with Crippen LogP contribution in [0.3, 0.4) is 0 Å². The topological polar surface area (TPSA) is 67.2 Å². The standard InChI is InChI=1S/C14H22N4O2/c1-5-11-12(19)16-14(3,4)13(20)18(11)9-10-7-15-17(6-2)8-10/h7-8,11H,5-6,9H2,1-4H3,(H,16,19). The van der Waals surface area contributed by atoms with E-state index in [1.165, 1.54) is 0 Å². The Hall–Kier alpha value is -1.85. The largest absolute Gasteiger partial charge is 0.340 e. The summed E-state index contributed by atoms with van der Waals surface area (Å²) in [5.74, 6) is -0.131. The molecule has 1 N–H and O–H groups in total. The Morgan fingerprint density at radius 1 is 1.35 bits per heavy atom. The van der Waals surface area contributed by atoms with Crippen LogP contribution >= 0.6 is 0 Å². The molecule has 2 heterocycles. The van der Waals surface area contributed by atoms with E-state index >= 15 is 0 Å². The Morgan fingerprint density at radius 2 is 2.05 bits per heavy atom. The lowest BCUT2D eigenvalue weighted by Crippen LogP contribution is -2.67. The molecule has 1 aromatic rings. The van der Waals surface area contributed by atoms with Gasteiger partial charge >= 0.3 is 0 Å². The molecule has 1 aliphatic heterocycles. The van der Waals surface area contributed by atoms with Crippen LogP contribution in [0.4, 0.5) is 0 Å². The number of piperazine rings is 1. The highest BCUT2D eigenvalue weighted by Gasteiger charge is 2.44. The molecule has 2 rings (SSSR count). The maximum Gasteiger partial charge on any atom is 0.248 e. The first kappa shape index (κ1) is 14.6. The van der Waals surface area contributed by atoms with Gasteiger partial charge in [0.1, 0.15) is 11.6 Å². The minimum absolute atomic E-state index is 0.0480. The van der Waals surface area contributed by atoms with Crippen molar-refractivity contribution < 1.29 is 9.59 Å². The Morgan fingerprint density at radius 3 is 2.60 bits per heavy atom. The molecule has 0 spiro atoms. The van der Waals surface area contributed by atoms with Gasteiger partial charge in [-0.1, -0.05) is 6.92 Å². The predicted molar refractivity (Wildman–Crippen MR) is 74.8 cm³/mol. The van der Waals surface area contributed by atoms with Crippen molar-refractivity contribution in [2.45, 2.75) is 58.8 Å². The second kappa shape index (κ2) is 5.26. The van der Waals surface area contributed by atoms with E-state index in [4.69, 9.17) is 0 Å². The van der Waals surface area contributed by atoms with Crippen molar-refractivity contribution in [1.82, 2.24) is 20.0 Å². The average Bonchev–Trinajstić information content (AvgIpc) is 2.83. The Kier molecular flexibility index (Phi) is 3.83. The van der Waals surface area contributed by atoms with Gasteiger partial charge in [-0.05, 0) is 27.2 Å². The summed E-state index contributed by atoms with van der Waals surface area (Å²) in [5, 5.41) is 7.00. The van der Waals surface area contributed by atoms with E-state index in [-0.39, 0.29) is 11.8 Å². The summed E-state index contributed by atoms with van der Waals surface area (Å²) in [7, 11) is 0. The van der Waals surface area contributed by atoms with Gasteiger partial charge < -0.3 is 10.2 Å². The number of aromatic nitrogens is 2. The zero-order chi connectivity index (χ0) is 14.9. The average molecular weight is 278 g/mol. The van der Waals surface area contributed by atoms with Gasteiger partial charge in [-0.15, -0.1) is 0 Å². The summed E-state index contributed by atoms with van der Waals surface area (Å²) in [6, 6.07) is -0.402. The Bertz CT molecular complexity index is 521. The lowest BCUT2D eigenvalue weighted by molar-refractivity contribution is -0.154. The molecule has 110 valence electrons. The number of carbonyl (C=O) groups excluding carboxylic acids is 2. The van der Waals surface area contributed by atoms with Gasteiger partial charge in [0.25, 0.3) is 0 Å². The van der Waals surface area contributed by atoms with Crippen LogP contribution in [0, 0.1) is 0 Å². The van der Waals surface area contributed by atoms with Crippen LogP contribution in [-0.4, -0.2) is 38.1 Å². The first-order chi connectivity index (χ1) is 9.39. The van der Waals surface area contributed by atoms with Crippen molar-refractivity contribution in [1.29, 1.82) is 0 Å². The van der Waals surface area contributed by atoms with E-state index < -0.39 is 11.6 Å². The fourth-order valence-electron chi connectivity index (χ4n) is 2.53. The third kappa shape index (κ3) is 2.55. The van der Waals surface area contributed by atoms with Crippen molar-refractivity contribution >= 4 is 11.8 Å². The zero-order valence-electron chi connectivity index (χ0n) is 12.5. The van der Waals surface area contributed by atoms with E-state index in [9.17, 15) is 9.59 Å². The van der Waals surface area contributed by atoms with Crippen LogP contribution in [0.25, 0.3) is 0 Å². The van der Waals surface area contributed by atoms with Crippen LogP contribution in [0.15, 0.2) is 12.4 Å². The third-order valence-corrected chi connectivity index (χ3v) is 3.66. The molecule has 1 aromatic heterocycles. The number of nitrogens with one attached hydrogen (secondary N) is 1. The predicted octanol–water partition coefficient (Wildman–Crippen LogP) is 0.919. The van der Waals surface area contributed by atoms with Gasteiger partial charge in [-0.2, -0.15) is 5.10 Å². The monoisotopic (exact) mass is 278 g/mol. The Labute approximate surface area is 119 Å². The molecule has 0 radical (unpaired) electrons. The van der Waals surface area contributed by atoms with Crippen molar-refractivity contribution in [3.63, 3.8) is 0 Å². The van der Waals surface area contributed by atoms with Crippen LogP contribution in [0.2, 0.25) is 0 Å². The normalized spacial score (nSPS) is 22.0. The maximum absolute atomic E-state index is 12.5. The van der Waals surface area contributed by atoms with Crippen molar-refractivity contribution in [2.24, 2.45) is 0 Å². The summed E-state index contributed by atoms with van der Waals surface area (Å²) in [4.78, 5) is 26.3. The van der Waals surface area contributed by atoms with Crippen LogP contribution in [-0.2, 0) is 22.7 Å². The number of rotatable bonds is 4. The first-order valence-corrected chi connectivity index (χ1v) is 7.03. The molecule has 2 amide bonds. The molecule has 1 fully saturated rings. The lowest BCUT2D eigenvalue weighted by Gasteiger charge is -2.42. The number of amides is 2. The molecule has 0 saturated carbocycles. The third-order valence-electron chi connectivity index (χ3n) is 3.66. The fourth-order valence-corrected chi connectivity index (χ4v) is 2.53. The van der Waals surface area contributed by atoms with E-state index in [2.05, 4.69) is 10.4 Å². The molecule has 6 heteroatoms. The highest BCUT2D eigenvalue weighted by Crippen LogP contribution is 2.22. The molecule has 0 bridgehead atoms. The van der Waals surface area contributed by atoms with Crippen LogP contribution < -0.4 is 5.32 Å². The number of hydrogen-bond donors (Lipinski definition) is 1. The fraction of sp³-hybridized carbons (Fsp3) is 0.643. The SMILES string of the molecule is CCC1C(=O)NC(C)(C)C(=O)N1Cc1cnn(CC)c1. The minimum atomic E-state index is -0.844. The van der Waals surface area contributed by atoms with E-state index in [0.29, 0.717) is 13.0 Å². The second-order valence-corrected chi connectivity index (χ2v) is 5.68. The summed E-state index contributed by atoms with van der Waals surface area (Å²) in [5.41, 5.74) is 0.105. The number of aryl methyl sites for hydroxylation is 1. The number of hydrogen-bond acceptors (Lipinski definition) is 3. The van der Waals surface area contributed by atoms with E-state index in [0.717, 1.165) is 12.1 Å². The molecule has 1 unspecified atom stereocenters. The summed E-state index contributed by atoms with van der Waals surface area (Å²) in [6.45, 7) is 8.61. The Balaban J connectivity index is 2.25. The number of nitrogens with zero attached hydrogens (tertiary/aromatic N) is 3. The molecule has 1 atom stereocenters. The summed E-state index contributed by atoms with van der Waals surface area (Å²) < 4.78 is 1.82. The molecule has 0 aliphatic carbocycles. The van der Waals surface area contributed by atoms with Gasteiger partial charge in [0.2, 0.25) is 11.8 Å². The molecular weight excluding hydrogens is 256 g/mol. The van der Waals surface area contributed by atoms with Gasteiger partial charge in [-0.25, -0.2) is 0 Å². The molecule has 1 aliphatic rings.